The molecule has 0 atom stereocenters. The number of rotatable bonds is 4. The molecular weight excluding hydrogens is 240 g/mol. The minimum absolute atomic E-state index is 0.00994. The lowest BCUT2D eigenvalue weighted by molar-refractivity contribution is -0.130. The van der Waals surface area contributed by atoms with Gasteiger partial charge in [0.2, 0.25) is 5.91 Å². The topological polar surface area (TPSA) is 55.6 Å². The second-order valence-corrected chi connectivity index (χ2v) is 5.79. The first kappa shape index (κ1) is 15.5. The van der Waals surface area contributed by atoms with Crippen LogP contribution in [-0.4, -0.2) is 25.1 Å². The molecule has 0 aromatic heterocycles. The molecule has 0 spiro atoms. The number of amides is 1. The zero-order chi connectivity index (χ0) is 14.6. The van der Waals surface area contributed by atoms with E-state index in [1.54, 1.807) is 14.2 Å². The van der Waals surface area contributed by atoms with Crippen LogP contribution in [0.3, 0.4) is 0 Å². The summed E-state index contributed by atoms with van der Waals surface area (Å²) in [6.45, 7) is 6.44. The molecule has 0 bridgehead atoms. The number of carbonyl (C=O) groups is 1. The lowest BCUT2D eigenvalue weighted by atomic mass is 9.85. The molecule has 1 amide bonds. The molecule has 0 aliphatic carbocycles. The fraction of sp³-hybridized carbons (Fsp3) is 0.533. The van der Waals surface area contributed by atoms with Crippen LogP contribution >= 0.6 is 0 Å². The first-order valence-electron chi connectivity index (χ1n) is 6.44. The number of aryl methyl sites for hydroxylation is 1. The normalized spacial score (nSPS) is 11.3. The first-order valence-corrected chi connectivity index (χ1v) is 6.44. The van der Waals surface area contributed by atoms with Crippen LogP contribution in [0.1, 0.15) is 38.3 Å². The number of carbonyl (C=O) groups excluding carboxylic acids is 1. The molecule has 4 heteroatoms. The quantitative estimate of drug-likeness (QED) is 0.515. The largest absolute Gasteiger partial charge is 0.496 e. The lowest BCUT2D eigenvalue weighted by Gasteiger charge is -2.23. The molecule has 1 rings (SSSR count). The monoisotopic (exact) mass is 264 g/mol. The Kier molecular flexibility index (Phi) is 4.95. The number of benzene rings is 1. The van der Waals surface area contributed by atoms with Gasteiger partial charge in [0.15, 0.2) is 0 Å². The van der Waals surface area contributed by atoms with Crippen molar-refractivity contribution in [3.05, 3.63) is 29.3 Å². The highest BCUT2D eigenvalue weighted by Gasteiger charge is 2.19. The molecule has 0 aliphatic heterocycles. The van der Waals surface area contributed by atoms with Crippen molar-refractivity contribution in [2.45, 2.75) is 39.0 Å². The molecular formula is C15H24N2O2. The molecule has 0 aliphatic rings. The molecule has 106 valence electrons. The number of nitrogens with zero attached hydrogens (tertiary/aromatic N) is 1. The minimum Gasteiger partial charge on any atom is -0.496 e. The number of hydrogen-bond donors (Lipinski definition) is 1. The van der Waals surface area contributed by atoms with Gasteiger partial charge in [-0.3, -0.25) is 9.80 Å². The number of methoxy groups -OCH3 is 1. The summed E-state index contributed by atoms with van der Waals surface area (Å²) in [7, 11) is 3.24. The van der Waals surface area contributed by atoms with Crippen LogP contribution in [0.25, 0.3) is 0 Å². The summed E-state index contributed by atoms with van der Waals surface area (Å²) in [5.41, 5.74) is 2.29. The van der Waals surface area contributed by atoms with E-state index in [0.717, 1.165) is 21.9 Å². The molecule has 1 aromatic rings. The summed E-state index contributed by atoms with van der Waals surface area (Å²) < 4.78 is 5.40. The fourth-order valence-corrected chi connectivity index (χ4v) is 1.92. The van der Waals surface area contributed by atoms with Crippen LogP contribution < -0.4 is 10.6 Å². The number of hydrogen-bond acceptors (Lipinski definition) is 3. The maximum absolute atomic E-state index is 11.5. The van der Waals surface area contributed by atoms with E-state index in [9.17, 15) is 4.79 Å². The van der Waals surface area contributed by atoms with Crippen molar-refractivity contribution in [1.29, 1.82) is 0 Å². The third-order valence-corrected chi connectivity index (χ3v) is 3.09. The number of nitrogens with two attached hydrogens (primary N) is 1. The van der Waals surface area contributed by atoms with Gasteiger partial charge in [0.1, 0.15) is 5.75 Å². The van der Waals surface area contributed by atoms with Crippen molar-refractivity contribution in [2.24, 2.45) is 5.84 Å². The molecule has 0 saturated heterocycles. The average molecular weight is 264 g/mol. The van der Waals surface area contributed by atoms with E-state index in [-0.39, 0.29) is 11.3 Å². The molecule has 4 nitrogen and oxygen atoms in total. The summed E-state index contributed by atoms with van der Waals surface area (Å²) >= 11 is 0. The molecule has 1 aromatic carbocycles. The summed E-state index contributed by atoms with van der Waals surface area (Å²) in [4.78, 5) is 11.5. The van der Waals surface area contributed by atoms with E-state index in [2.05, 4.69) is 26.8 Å². The van der Waals surface area contributed by atoms with E-state index in [4.69, 9.17) is 10.6 Å². The third-order valence-electron chi connectivity index (χ3n) is 3.09. The predicted molar refractivity (Wildman–Crippen MR) is 77.0 cm³/mol. The van der Waals surface area contributed by atoms with Crippen molar-refractivity contribution in [2.75, 3.05) is 14.2 Å². The van der Waals surface area contributed by atoms with Gasteiger partial charge in [-0.05, 0) is 29.0 Å². The molecule has 0 heterocycles. The fourth-order valence-electron chi connectivity index (χ4n) is 1.92. The SMILES string of the molecule is COc1ccc(CCC(=O)N(C)N)cc1C(C)(C)C. The molecule has 0 saturated carbocycles. The Balaban J connectivity index is 2.90. The molecule has 19 heavy (non-hydrogen) atoms. The summed E-state index contributed by atoms with van der Waals surface area (Å²) in [5, 5.41) is 1.13. The average Bonchev–Trinajstić information content (AvgIpc) is 2.34. The van der Waals surface area contributed by atoms with Crippen molar-refractivity contribution in [3.8, 4) is 5.75 Å². The maximum atomic E-state index is 11.5. The van der Waals surface area contributed by atoms with Gasteiger partial charge in [-0.2, -0.15) is 0 Å². The lowest BCUT2D eigenvalue weighted by Crippen LogP contribution is -2.33. The second-order valence-electron chi connectivity index (χ2n) is 5.79. The van der Waals surface area contributed by atoms with Crippen molar-refractivity contribution < 1.29 is 9.53 Å². The Morgan fingerprint density at radius 1 is 1.37 bits per heavy atom. The molecule has 0 radical (unpaired) electrons. The van der Waals surface area contributed by atoms with Crippen LogP contribution in [-0.2, 0) is 16.6 Å². The van der Waals surface area contributed by atoms with E-state index in [1.807, 2.05) is 12.1 Å². The van der Waals surface area contributed by atoms with Gasteiger partial charge in [-0.15, -0.1) is 0 Å². The van der Waals surface area contributed by atoms with Crippen LogP contribution in [0.2, 0.25) is 0 Å². The van der Waals surface area contributed by atoms with Crippen molar-refractivity contribution in [1.82, 2.24) is 5.01 Å². The van der Waals surface area contributed by atoms with Gasteiger partial charge < -0.3 is 4.74 Å². The Morgan fingerprint density at radius 3 is 2.47 bits per heavy atom. The van der Waals surface area contributed by atoms with Gasteiger partial charge >= 0.3 is 0 Å². The minimum atomic E-state index is -0.0619. The Bertz CT molecular complexity index is 448. The van der Waals surface area contributed by atoms with Gasteiger partial charge in [0, 0.05) is 13.5 Å². The summed E-state index contributed by atoms with van der Waals surface area (Å²) in [5.74, 6) is 6.23. The number of hydrazine groups is 1. The highest BCUT2D eigenvalue weighted by atomic mass is 16.5. The highest BCUT2D eigenvalue weighted by Crippen LogP contribution is 2.32. The van der Waals surface area contributed by atoms with E-state index < -0.39 is 0 Å². The third kappa shape index (κ3) is 4.24. The van der Waals surface area contributed by atoms with Gasteiger partial charge in [-0.1, -0.05) is 32.9 Å². The molecule has 0 fully saturated rings. The first-order chi connectivity index (χ1) is 8.75. The Hall–Kier alpha value is -1.55. The van der Waals surface area contributed by atoms with Crippen LogP contribution in [0.5, 0.6) is 5.75 Å². The second kappa shape index (κ2) is 6.06. The van der Waals surface area contributed by atoms with Gasteiger partial charge in [0.05, 0.1) is 7.11 Å². The Morgan fingerprint density at radius 2 is 2.00 bits per heavy atom. The maximum Gasteiger partial charge on any atom is 0.236 e. The number of ether oxygens (including phenoxy) is 1. The Labute approximate surface area is 115 Å². The predicted octanol–water partition coefficient (Wildman–Crippen LogP) is 2.26. The summed E-state index contributed by atoms with van der Waals surface area (Å²) in [6.07, 6.45) is 1.11. The standard InChI is InChI=1S/C15H24N2O2/c1-15(2,3)12-10-11(6-8-13(12)19-5)7-9-14(18)17(4)16/h6,8,10H,7,9,16H2,1-5H3. The molecule has 2 N–H and O–H groups in total. The van der Waals surface area contributed by atoms with E-state index >= 15 is 0 Å². The van der Waals surface area contributed by atoms with Crippen molar-refractivity contribution in [3.63, 3.8) is 0 Å². The van der Waals surface area contributed by atoms with E-state index in [0.29, 0.717) is 12.8 Å². The van der Waals surface area contributed by atoms with Crippen LogP contribution in [0.15, 0.2) is 18.2 Å². The van der Waals surface area contributed by atoms with Crippen molar-refractivity contribution >= 4 is 5.91 Å². The van der Waals surface area contributed by atoms with Gasteiger partial charge in [-0.25, -0.2) is 5.84 Å². The van der Waals surface area contributed by atoms with Crippen LogP contribution in [0.4, 0.5) is 0 Å². The smallest absolute Gasteiger partial charge is 0.236 e. The zero-order valence-corrected chi connectivity index (χ0v) is 12.5. The summed E-state index contributed by atoms with van der Waals surface area (Å²) in [6, 6.07) is 6.08. The molecule has 0 unspecified atom stereocenters. The van der Waals surface area contributed by atoms with Gasteiger partial charge in [0.25, 0.3) is 0 Å². The van der Waals surface area contributed by atoms with E-state index in [1.165, 1.54) is 0 Å². The van der Waals surface area contributed by atoms with Crippen LogP contribution in [0, 0.1) is 0 Å². The zero-order valence-electron chi connectivity index (χ0n) is 12.5. The highest BCUT2D eigenvalue weighted by molar-refractivity contribution is 5.75.